The van der Waals surface area contributed by atoms with Crippen LogP contribution >= 0.6 is 0 Å². The van der Waals surface area contributed by atoms with Crippen LogP contribution < -0.4 is 10.7 Å². The minimum Gasteiger partial charge on any atom is -0.378 e. The molecule has 0 spiro atoms. The number of para-hydroxylation sites is 1. The monoisotopic (exact) mass is 318 g/mol. The number of rotatable bonds is 7. The Labute approximate surface area is 135 Å². The van der Waals surface area contributed by atoms with Crippen molar-refractivity contribution in [2.45, 2.75) is 44.8 Å². The number of ether oxygens (including phenoxy) is 1. The fourth-order valence-corrected chi connectivity index (χ4v) is 3.10. The van der Waals surface area contributed by atoms with Gasteiger partial charge in [-0.15, -0.1) is 0 Å². The van der Waals surface area contributed by atoms with E-state index in [0.717, 1.165) is 32.4 Å². The molecular formula is C18H23FN2O2. The minimum atomic E-state index is -0.391. The fraction of sp³-hybridized carbons (Fsp3) is 0.500. The molecule has 0 amide bonds. The highest BCUT2D eigenvalue weighted by molar-refractivity contribution is 5.78. The van der Waals surface area contributed by atoms with E-state index < -0.39 is 5.82 Å². The van der Waals surface area contributed by atoms with E-state index >= 15 is 0 Å². The molecule has 1 unspecified atom stereocenters. The van der Waals surface area contributed by atoms with Crippen molar-refractivity contribution in [1.82, 2.24) is 10.3 Å². The van der Waals surface area contributed by atoms with Crippen LogP contribution in [0.2, 0.25) is 0 Å². The topological polar surface area (TPSA) is 54.1 Å². The van der Waals surface area contributed by atoms with Crippen molar-refractivity contribution in [1.29, 1.82) is 0 Å². The predicted octanol–water partition coefficient (Wildman–Crippen LogP) is 3.11. The van der Waals surface area contributed by atoms with Gasteiger partial charge in [-0.05, 0) is 50.8 Å². The third-order valence-electron chi connectivity index (χ3n) is 4.34. The van der Waals surface area contributed by atoms with E-state index in [1.54, 1.807) is 18.2 Å². The smallest absolute Gasteiger partial charge is 0.189 e. The zero-order valence-electron chi connectivity index (χ0n) is 13.2. The van der Waals surface area contributed by atoms with Crippen molar-refractivity contribution in [3.8, 4) is 0 Å². The van der Waals surface area contributed by atoms with Crippen LogP contribution in [0.15, 0.2) is 29.1 Å². The number of nitrogens with one attached hydrogen (secondary N) is 2. The molecule has 2 aromatic rings. The van der Waals surface area contributed by atoms with E-state index in [9.17, 15) is 9.18 Å². The van der Waals surface area contributed by atoms with E-state index in [1.807, 2.05) is 0 Å². The van der Waals surface area contributed by atoms with Gasteiger partial charge in [0.2, 0.25) is 0 Å². The maximum atomic E-state index is 13.8. The Bertz CT molecular complexity index is 708. The lowest BCUT2D eigenvalue weighted by molar-refractivity contribution is 0.102. The molecule has 3 rings (SSSR count). The second kappa shape index (κ2) is 7.70. The lowest BCUT2D eigenvalue weighted by Gasteiger charge is -2.09. The summed E-state index contributed by atoms with van der Waals surface area (Å²) >= 11 is 0. The Morgan fingerprint density at radius 2 is 2.26 bits per heavy atom. The van der Waals surface area contributed by atoms with Gasteiger partial charge in [-0.25, -0.2) is 4.39 Å². The molecule has 1 aromatic heterocycles. The van der Waals surface area contributed by atoms with Crippen LogP contribution in [0.1, 0.15) is 37.8 Å². The number of pyridine rings is 1. The van der Waals surface area contributed by atoms with Crippen LogP contribution in [0, 0.1) is 5.82 Å². The summed E-state index contributed by atoms with van der Waals surface area (Å²) in [7, 11) is 0. The summed E-state index contributed by atoms with van der Waals surface area (Å²) in [6.07, 6.45) is 6.17. The molecule has 0 aliphatic carbocycles. The van der Waals surface area contributed by atoms with Gasteiger partial charge < -0.3 is 15.0 Å². The summed E-state index contributed by atoms with van der Waals surface area (Å²) in [5.41, 5.74) is 0.857. The van der Waals surface area contributed by atoms with Crippen LogP contribution in [0.25, 0.3) is 10.9 Å². The Balaban J connectivity index is 1.47. The van der Waals surface area contributed by atoms with Crippen LogP contribution in [0.5, 0.6) is 0 Å². The molecule has 124 valence electrons. The molecule has 0 saturated carbocycles. The summed E-state index contributed by atoms with van der Waals surface area (Å²) < 4.78 is 19.4. The average molecular weight is 318 g/mol. The molecule has 1 saturated heterocycles. The van der Waals surface area contributed by atoms with Crippen molar-refractivity contribution in [3.05, 3.63) is 46.0 Å². The van der Waals surface area contributed by atoms with Crippen molar-refractivity contribution >= 4 is 10.9 Å². The Hall–Kier alpha value is -1.72. The zero-order valence-corrected chi connectivity index (χ0v) is 13.2. The zero-order chi connectivity index (χ0) is 16.1. The van der Waals surface area contributed by atoms with Crippen molar-refractivity contribution in [2.75, 3.05) is 13.2 Å². The fourth-order valence-electron chi connectivity index (χ4n) is 3.10. The predicted molar refractivity (Wildman–Crippen MR) is 89.1 cm³/mol. The number of fused-ring (bicyclic) bond motifs is 1. The van der Waals surface area contributed by atoms with Crippen LogP contribution in [0.4, 0.5) is 4.39 Å². The first-order valence-corrected chi connectivity index (χ1v) is 8.37. The van der Waals surface area contributed by atoms with Crippen molar-refractivity contribution < 1.29 is 9.13 Å². The lowest BCUT2D eigenvalue weighted by atomic mass is 10.1. The van der Waals surface area contributed by atoms with Gasteiger partial charge in [0.15, 0.2) is 5.43 Å². The van der Waals surface area contributed by atoms with E-state index in [0.29, 0.717) is 23.7 Å². The highest BCUT2D eigenvalue weighted by atomic mass is 19.1. The molecule has 0 radical (unpaired) electrons. The highest BCUT2D eigenvalue weighted by Crippen LogP contribution is 2.17. The van der Waals surface area contributed by atoms with E-state index in [1.165, 1.54) is 18.9 Å². The van der Waals surface area contributed by atoms with Crippen LogP contribution in [-0.2, 0) is 11.3 Å². The molecule has 1 fully saturated rings. The molecule has 2 N–H and O–H groups in total. The Morgan fingerprint density at radius 3 is 3.09 bits per heavy atom. The third-order valence-corrected chi connectivity index (χ3v) is 4.34. The SMILES string of the molecule is O=c1cc(CNCCCCC2CCCO2)[nH]c2c(F)cccc12. The molecule has 0 bridgehead atoms. The number of H-pyrrole nitrogens is 1. The second-order valence-corrected chi connectivity index (χ2v) is 6.13. The molecule has 2 heterocycles. The normalized spacial score (nSPS) is 17.9. The van der Waals surface area contributed by atoms with Gasteiger partial charge in [0, 0.05) is 30.3 Å². The summed E-state index contributed by atoms with van der Waals surface area (Å²) in [4.78, 5) is 15.0. The molecule has 23 heavy (non-hydrogen) atoms. The van der Waals surface area contributed by atoms with Crippen LogP contribution in [-0.4, -0.2) is 24.2 Å². The maximum Gasteiger partial charge on any atom is 0.189 e. The number of unbranched alkanes of at least 4 members (excludes halogenated alkanes) is 1. The molecule has 1 aliphatic rings. The Kier molecular flexibility index (Phi) is 5.41. The van der Waals surface area contributed by atoms with E-state index in [4.69, 9.17) is 4.74 Å². The Morgan fingerprint density at radius 1 is 1.35 bits per heavy atom. The van der Waals surface area contributed by atoms with Crippen molar-refractivity contribution in [3.63, 3.8) is 0 Å². The summed E-state index contributed by atoms with van der Waals surface area (Å²) in [6, 6.07) is 6.10. The second-order valence-electron chi connectivity index (χ2n) is 6.13. The summed E-state index contributed by atoms with van der Waals surface area (Å²) in [5.74, 6) is -0.391. The van der Waals surface area contributed by atoms with E-state index in [-0.39, 0.29) is 10.9 Å². The maximum absolute atomic E-state index is 13.8. The van der Waals surface area contributed by atoms with Gasteiger partial charge in [-0.2, -0.15) is 0 Å². The molecule has 5 heteroatoms. The largest absolute Gasteiger partial charge is 0.378 e. The molecular weight excluding hydrogens is 295 g/mol. The number of benzene rings is 1. The first-order chi connectivity index (χ1) is 11.2. The minimum absolute atomic E-state index is 0.145. The molecule has 4 nitrogen and oxygen atoms in total. The van der Waals surface area contributed by atoms with E-state index in [2.05, 4.69) is 10.3 Å². The first kappa shape index (κ1) is 16.1. The molecule has 1 aliphatic heterocycles. The highest BCUT2D eigenvalue weighted by Gasteiger charge is 2.14. The van der Waals surface area contributed by atoms with Crippen LogP contribution in [0.3, 0.4) is 0 Å². The molecule has 1 aromatic carbocycles. The van der Waals surface area contributed by atoms with Gasteiger partial charge in [-0.3, -0.25) is 4.79 Å². The summed E-state index contributed by atoms with van der Waals surface area (Å²) in [6.45, 7) is 2.33. The number of aromatic amines is 1. The lowest BCUT2D eigenvalue weighted by Crippen LogP contribution is -2.18. The van der Waals surface area contributed by atoms with Gasteiger partial charge >= 0.3 is 0 Å². The quantitative estimate of drug-likeness (QED) is 0.771. The average Bonchev–Trinajstić information content (AvgIpc) is 3.05. The number of hydrogen-bond donors (Lipinski definition) is 2. The van der Waals surface area contributed by atoms with Crippen molar-refractivity contribution in [2.24, 2.45) is 0 Å². The third kappa shape index (κ3) is 4.18. The number of aromatic nitrogens is 1. The van der Waals surface area contributed by atoms with Gasteiger partial charge in [0.25, 0.3) is 0 Å². The first-order valence-electron chi connectivity index (χ1n) is 8.37. The number of hydrogen-bond acceptors (Lipinski definition) is 3. The summed E-state index contributed by atoms with van der Waals surface area (Å²) in [5, 5.41) is 3.70. The molecule has 1 atom stereocenters. The van der Waals surface area contributed by atoms with Gasteiger partial charge in [0.05, 0.1) is 11.6 Å². The standard InChI is InChI=1S/C18H23FN2O2/c19-16-8-3-7-15-17(22)11-13(21-18(15)16)12-20-9-2-1-5-14-6-4-10-23-14/h3,7-8,11,14,20H,1-2,4-6,9-10,12H2,(H,21,22). The van der Waals surface area contributed by atoms with Gasteiger partial charge in [0.1, 0.15) is 5.82 Å². The van der Waals surface area contributed by atoms with Gasteiger partial charge in [-0.1, -0.05) is 6.07 Å². The number of halogens is 1.